The quantitative estimate of drug-likeness (QED) is 0.713. The number of hydrogen-bond acceptors (Lipinski definition) is 4. The Labute approximate surface area is 140 Å². The van der Waals surface area contributed by atoms with Crippen molar-refractivity contribution in [2.24, 2.45) is 5.92 Å². The summed E-state index contributed by atoms with van der Waals surface area (Å²) in [4.78, 5) is 15.9. The number of halogens is 2. The molecule has 24 heavy (non-hydrogen) atoms. The molecule has 0 spiro atoms. The summed E-state index contributed by atoms with van der Waals surface area (Å²) >= 11 is 0. The van der Waals surface area contributed by atoms with Crippen molar-refractivity contribution in [2.45, 2.75) is 51.1 Å². The maximum absolute atomic E-state index is 12.1. The number of alkyl halides is 2. The van der Waals surface area contributed by atoms with E-state index in [1.165, 1.54) is 12.1 Å². The number of hydrogen-bond donors (Lipinski definition) is 2. The SMILES string of the molecule is O=C(NCCCC1CCCCC1O)c1cccc(OCC(F)F)n1. The second-order valence-corrected chi connectivity index (χ2v) is 6.07. The molecule has 7 heteroatoms. The molecule has 134 valence electrons. The number of nitrogens with one attached hydrogen (secondary N) is 1. The zero-order valence-corrected chi connectivity index (χ0v) is 13.6. The van der Waals surface area contributed by atoms with Crippen LogP contribution >= 0.6 is 0 Å². The minimum atomic E-state index is -2.58. The highest BCUT2D eigenvalue weighted by Gasteiger charge is 2.22. The molecule has 1 saturated carbocycles. The Morgan fingerprint density at radius 3 is 2.92 bits per heavy atom. The van der Waals surface area contributed by atoms with Crippen molar-refractivity contribution in [3.63, 3.8) is 0 Å². The van der Waals surface area contributed by atoms with Crippen LogP contribution in [0.4, 0.5) is 8.78 Å². The van der Waals surface area contributed by atoms with Crippen LogP contribution in [0.1, 0.15) is 49.0 Å². The van der Waals surface area contributed by atoms with E-state index in [-0.39, 0.29) is 23.6 Å². The molecule has 2 N–H and O–H groups in total. The van der Waals surface area contributed by atoms with E-state index in [1.54, 1.807) is 6.07 Å². The fourth-order valence-corrected chi connectivity index (χ4v) is 2.95. The average Bonchev–Trinajstić information content (AvgIpc) is 2.58. The first-order valence-electron chi connectivity index (χ1n) is 8.40. The van der Waals surface area contributed by atoms with Gasteiger partial charge < -0.3 is 15.2 Å². The molecule has 2 rings (SSSR count). The lowest BCUT2D eigenvalue weighted by Gasteiger charge is -2.27. The highest BCUT2D eigenvalue weighted by Crippen LogP contribution is 2.27. The van der Waals surface area contributed by atoms with E-state index in [0.29, 0.717) is 12.5 Å². The minimum absolute atomic E-state index is 0.00766. The van der Waals surface area contributed by atoms with Crippen LogP contribution in [0.25, 0.3) is 0 Å². The van der Waals surface area contributed by atoms with Gasteiger partial charge in [-0.3, -0.25) is 4.79 Å². The summed E-state index contributed by atoms with van der Waals surface area (Å²) in [5.74, 6) is -0.0326. The van der Waals surface area contributed by atoms with Gasteiger partial charge in [0.1, 0.15) is 5.69 Å². The van der Waals surface area contributed by atoms with Crippen LogP contribution in [0.5, 0.6) is 5.88 Å². The van der Waals surface area contributed by atoms with Crippen LogP contribution in [-0.2, 0) is 0 Å². The Balaban J connectivity index is 1.73. The fourth-order valence-electron chi connectivity index (χ4n) is 2.95. The first kappa shape index (κ1) is 18.6. The van der Waals surface area contributed by atoms with E-state index in [0.717, 1.165) is 38.5 Å². The van der Waals surface area contributed by atoms with Gasteiger partial charge in [-0.05, 0) is 37.7 Å². The molecule has 0 bridgehead atoms. The number of nitrogens with zero attached hydrogens (tertiary/aromatic N) is 1. The molecule has 1 fully saturated rings. The number of amides is 1. The molecule has 2 unspecified atom stereocenters. The Morgan fingerprint density at radius 2 is 2.17 bits per heavy atom. The summed E-state index contributed by atoms with van der Waals surface area (Å²) in [5.41, 5.74) is 0.138. The number of rotatable bonds is 8. The van der Waals surface area contributed by atoms with Crippen molar-refractivity contribution in [1.29, 1.82) is 0 Å². The van der Waals surface area contributed by atoms with Gasteiger partial charge in [0, 0.05) is 12.6 Å². The van der Waals surface area contributed by atoms with Crippen molar-refractivity contribution in [3.8, 4) is 5.88 Å². The summed E-state index contributed by atoms with van der Waals surface area (Å²) in [6, 6.07) is 4.49. The lowest BCUT2D eigenvalue weighted by atomic mass is 9.83. The summed E-state index contributed by atoms with van der Waals surface area (Å²) in [6.45, 7) is -0.256. The van der Waals surface area contributed by atoms with Gasteiger partial charge in [-0.15, -0.1) is 0 Å². The number of ether oxygens (including phenoxy) is 1. The van der Waals surface area contributed by atoms with Crippen LogP contribution < -0.4 is 10.1 Å². The largest absolute Gasteiger partial charge is 0.472 e. The van der Waals surface area contributed by atoms with Crippen LogP contribution in [0.3, 0.4) is 0 Å². The van der Waals surface area contributed by atoms with Crippen molar-refractivity contribution in [1.82, 2.24) is 10.3 Å². The molecule has 0 aliphatic heterocycles. The molecule has 1 heterocycles. The van der Waals surface area contributed by atoms with Gasteiger partial charge in [-0.25, -0.2) is 13.8 Å². The molecule has 1 amide bonds. The summed E-state index contributed by atoms with van der Waals surface area (Å²) in [6.07, 6.45) is 3.01. The number of pyridine rings is 1. The van der Waals surface area contributed by atoms with Gasteiger partial charge in [0.15, 0.2) is 6.61 Å². The predicted octanol–water partition coefficient (Wildman–Crippen LogP) is 2.79. The Morgan fingerprint density at radius 1 is 1.38 bits per heavy atom. The molecule has 5 nitrogen and oxygen atoms in total. The molecule has 1 aliphatic carbocycles. The fraction of sp³-hybridized carbons (Fsp3) is 0.647. The van der Waals surface area contributed by atoms with Crippen molar-refractivity contribution >= 4 is 5.91 Å². The van der Waals surface area contributed by atoms with E-state index >= 15 is 0 Å². The van der Waals surface area contributed by atoms with Crippen LogP contribution in [0.2, 0.25) is 0 Å². The second kappa shape index (κ2) is 9.52. The predicted molar refractivity (Wildman–Crippen MR) is 85.3 cm³/mol. The number of aliphatic hydroxyl groups excluding tert-OH is 1. The highest BCUT2D eigenvalue weighted by molar-refractivity contribution is 5.92. The summed E-state index contributed by atoms with van der Waals surface area (Å²) in [5, 5.41) is 12.7. The van der Waals surface area contributed by atoms with E-state index < -0.39 is 13.0 Å². The monoisotopic (exact) mass is 342 g/mol. The second-order valence-electron chi connectivity index (χ2n) is 6.07. The van der Waals surface area contributed by atoms with E-state index in [9.17, 15) is 18.7 Å². The highest BCUT2D eigenvalue weighted by atomic mass is 19.3. The maximum Gasteiger partial charge on any atom is 0.272 e. The lowest BCUT2D eigenvalue weighted by molar-refractivity contribution is 0.0641. The molecule has 0 aromatic carbocycles. The molecule has 1 aliphatic rings. The number of carbonyl (C=O) groups is 1. The van der Waals surface area contributed by atoms with Gasteiger partial charge in [0.2, 0.25) is 5.88 Å². The van der Waals surface area contributed by atoms with Crippen molar-refractivity contribution in [3.05, 3.63) is 23.9 Å². The van der Waals surface area contributed by atoms with E-state index in [4.69, 9.17) is 4.74 Å². The van der Waals surface area contributed by atoms with Crippen molar-refractivity contribution in [2.75, 3.05) is 13.2 Å². The summed E-state index contributed by atoms with van der Waals surface area (Å²) in [7, 11) is 0. The maximum atomic E-state index is 12.1. The zero-order valence-electron chi connectivity index (χ0n) is 13.6. The van der Waals surface area contributed by atoms with E-state index in [1.807, 2.05) is 0 Å². The lowest BCUT2D eigenvalue weighted by Crippen LogP contribution is -2.28. The van der Waals surface area contributed by atoms with Gasteiger partial charge in [-0.2, -0.15) is 0 Å². The first-order valence-corrected chi connectivity index (χ1v) is 8.40. The molecule has 2 atom stereocenters. The molecule has 0 saturated heterocycles. The third-order valence-corrected chi connectivity index (χ3v) is 4.22. The van der Waals surface area contributed by atoms with E-state index in [2.05, 4.69) is 10.3 Å². The van der Waals surface area contributed by atoms with Crippen LogP contribution in [0.15, 0.2) is 18.2 Å². The number of carbonyl (C=O) groups excluding carboxylic acids is 1. The number of aliphatic hydroxyl groups is 1. The number of aromatic nitrogens is 1. The molecule has 1 aromatic heterocycles. The Kier molecular flexibility index (Phi) is 7.36. The molecule has 0 radical (unpaired) electrons. The molecular weight excluding hydrogens is 318 g/mol. The average molecular weight is 342 g/mol. The Bertz CT molecular complexity index is 528. The van der Waals surface area contributed by atoms with Crippen molar-refractivity contribution < 1.29 is 23.4 Å². The standard InChI is InChI=1S/C17H24F2N2O3/c18-15(19)11-24-16-9-3-7-13(21-16)17(23)20-10-4-6-12-5-1-2-8-14(12)22/h3,7,9,12,14-15,22H,1-2,4-6,8,10-11H2,(H,20,23). The summed E-state index contributed by atoms with van der Waals surface area (Å²) < 4.78 is 29.0. The first-order chi connectivity index (χ1) is 11.6. The third-order valence-electron chi connectivity index (χ3n) is 4.22. The van der Waals surface area contributed by atoms with Gasteiger partial charge in [0.05, 0.1) is 6.10 Å². The smallest absolute Gasteiger partial charge is 0.272 e. The van der Waals surface area contributed by atoms with Crippen LogP contribution in [-0.4, -0.2) is 41.7 Å². The Hall–Kier alpha value is -1.76. The minimum Gasteiger partial charge on any atom is -0.472 e. The van der Waals surface area contributed by atoms with Gasteiger partial charge in [-0.1, -0.05) is 18.9 Å². The van der Waals surface area contributed by atoms with Gasteiger partial charge in [0.25, 0.3) is 12.3 Å². The van der Waals surface area contributed by atoms with Gasteiger partial charge >= 0.3 is 0 Å². The van der Waals surface area contributed by atoms with Crippen LogP contribution in [0, 0.1) is 5.92 Å². The normalized spacial score (nSPS) is 20.8. The zero-order chi connectivity index (χ0) is 17.4. The molecular formula is C17H24F2N2O3. The third kappa shape index (κ3) is 6.03. The topological polar surface area (TPSA) is 71.5 Å². The molecule has 1 aromatic rings.